The third-order valence-corrected chi connectivity index (χ3v) is 5.96. The van der Waals surface area contributed by atoms with Crippen molar-refractivity contribution in [1.29, 1.82) is 0 Å². The fraction of sp³-hybridized carbons (Fsp3) is 0.714. The van der Waals surface area contributed by atoms with Crippen molar-refractivity contribution in [2.24, 2.45) is 11.8 Å². The second-order valence-corrected chi connectivity index (χ2v) is 7.44. The topological polar surface area (TPSA) is 18.5 Å². The van der Waals surface area contributed by atoms with Crippen LogP contribution in [0.25, 0.3) is 0 Å². The largest absolute Gasteiger partial charge is 0.356 e. The molecule has 1 aliphatic carbocycles. The smallest absolute Gasteiger partial charge is 0.157 e. The zero-order valence-electron chi connectivity index (χ0n) is 14.8. The van der Waals surface area contributed by atoms with E-state index in [-0.39, 0.29) is 6.29 Å². The minimum atomic E-state index is 0.0456. The molecule has 1 aliphatic heterocycles. The van der Waals surface area contributed by atoms with Gasteiger partial charge in [0.1, 0.15) is 0 Å². The standard InChI is InChI=1S/C21H32O2/c1-3-4-16-5-7-17(8-6-16)18-9-11-19(12-10-18)20-13-14-21(22-2)23-15-20/h5-8,18-21H,3-4,9-15H2,1-2H3. The maximum Gasteiger partial charge on any atom is 0.157 e. The molecule has 1 aromatic rings. The van der Waals surface area contributed by atoms with Crippen molar-refractivity contribution in [2.45, 2.75) is 70.5 Å². The van der Waals surface area contributed by atoms with E-state index in [1.165, 1.54) is 50.5 Å². The molecule has 1 aromatic carbocycles. The van der Waals surface area contributed by atoms with Gasteiger partial charge in [0.25, 0.3) is 0 Å². The molecule has 1 heterocycles. The van der Waals surface area contributed by atoms with Crippen LogP contribution in [-0.4, -0.2) is 20.0 Å². The molecule has 1 saturated carbocycles. The molecule has 2 fully saturated rings. The minimum Gasteiger partial charge on any atom is -0.356 e. The second-order valence-electron chi connectivity index (χ2n) is 7.44. The summed E-state index contributed by atoms with van der Waals surface area (Å²) in [5, 5.41) is 0. The van der Waals surface area contributed by atoms with Crippen LogP contribution in [0.1, 0.15) is 68.9 Å². The average molecular weight is 316 g/mol. The summed E-state index contributed by atoms with van der Waals surface area (Å²) < 4.78 is 11.1. The normalized spacial score (nSPS) is 31.9. The third kappa shape index (κ3) is 4.36. The summed E-state index contributed by atoms with van der Waals surface area (Å²) in [5.41, 5.74) is 3.04. The van der Waals surface area contributed by atoms with Crippen molar-refractivity contribution in [3.63, 3.8) is 0 Å². The zero-order chi connectivity index (χ0) is 16.1. The molecule has 2 nitrogen and oxygen atoms in total. The molecular weight excluding hydrogens is 284 g/mol. The van der Waals surface area contributed by atoms with Gasteiger partial charge in [-0.15, -0.1) is 0 Å². The number of hydrogen-bond donors (Lipinski definition) is 0. The van der Waals surface area contributed by atoms with Gasteiger partial charge in [-0.1, -0.05) is 37.6 Å². The van der Waals surface area contributed by atoms with Gasteiger partial charge in [-0.25, -0.2) is 0 Å². The number of benzene rings is 1. The molecule has 0 N–H and O–H groups in total. The first-order valence-corrected chi connectivity index (χ1v) is 9.53. The molecular formula is C21H32O2. The molecule has 1 saturated heterocycles. The van der Waals surface area contributed by atoms with E-state index in [0.717, 1.165) is 30.8 Å². The second kappa shape index (κ2) is 8.30. The van der Waals surface area contributed by atoms with Gasteiger partial charge in [-0.05, 0) is 73.8 Å². The molecule has 0 spiro atoms. The molecule has 3 rings (SSSR count). The number of ether oxygens (including phenoxy) is 2. The van der Waals surface area contributed by atoms with E-state index in [0.29, 0.717) is 0 Å². The Morgan fingerprint density at radius 2 is 1.65 bits per heavy atom. The molecule has 2 heteroatoms. The van der Waals surface area contributed by atoms with Crippen molar-refractivity contribution < 1.29 is 9.47 Å². The van der Waals surface area contributed by atoms with Crippen LogP contribution < -0.4 is 0 Å². The lowest BCUT2D eigenvalue weighted by molar-refractivity contribution is -0.167. The highest BCUT2D eigenvalue weighted by atomic mass is 16.7. The van der Waals surface area contributed by atoms with Crippen LogP contribution >= 0.6 is 0 Å². The van der Waals surface area contributed by atoms with Gasteiger partial charge in [0.2, 0.25) is 0 Å². The van der Waals surface area contributed by atoms with Crippen LogP contribution in [0.4, 0.5) is 0 Å². The summed E-state index contributed by atoms with van der Waals surface area (Å²) in [6, 6.07) is 9.43. The van der Waals surface area contributed by atoms with Crippen LogP contribution in [0.3, 0.4) is 0 Å². The van der Waals surface area contributed by atoms with Gasteiger partial charge in [-0.3, -0.25) is 0 Å². The molecule has 2 atom stereocenters. The molecule has 0 bridgehead atoms. The lowest BCUT2D eigenvalue weighted by Gasteiger charge is -2.37. The van der Waals surface area contributed by atoms with E-state index in [1.54, 1.807) is 12.7 Å². The predicted octanol–water partition coefficient (Wildman–Crippen LogP) is 5.31. The average Bonchev–Trinajstić information content (AvgIpc) is 2.63. The van der Waals surface area contributed by atoms with Crippen molar-refractivity contribution in [3.05, 3.63) is 35.4 Å². The van der Waals surface area contributed by atoms with E-state index in [2.05, 4.69) is 31.2 Å². The summed E-state index contributed by atoms with van der Waals surface area (Å²) in [7, 11) is 1.75. The van der Waals surface area contributed by atoms with Gasteiger partial charge in [0.05, 0.1) is 6.61 Å². The van der Waals surface area contributed by atoms with Gasteiger partial charge in [0, 0.05) is 7.11 Å². The maximum absolute atomic E-state index is 5.82. The summed E-state index contributed by atoms with van der Waals surface area (Å²) in [6.07, 6.45) is 10.3. The third-order valence-electron chi connectivity index (χ3n) is 5.96. The van der Waals surface area contributed by atoms with E-state index in [1.807, 2.05) is 0 Å². The Labute approximate surface area is 141 Å². The number of hydrogen-bond acceptors (Lipinski definition) is 2. The molecule has 23 heavy (non-hydrogen) atoms. The van der Waals surface area contributed by atoms with Crippen molar-refractivity contribution in [2.75, 3.05) is 13.7 Å². The number of methoxy groups -OCH3 is 1. The first kappa shape index (κ1) is 17.0. The lowest BCUT2D eigenvalue weighted by atomic mass is 9.72. The summed E-state index contributed by atoms with van der Waals surface area (Å²) >= 11 is 0. The summed E-state index contributed by atoms with van der Waals surface area (Å²) in [6.45, 7) is 3.15. The molecule has 2 aliphatic rings. The molecule has 0 amide bonds. The predicted molar refractivity (Wildman–Crippen MR) is 94.6 cm³/mol. The quantitative estimate of drug-likeness (QED) is 0.732. The first-order chi connectivity index (χ1) is 11.3. The lowest BCUT2D eigenvalue weighted by Crippen LogP contribution is -2.32. The van der Waals surface area contributed by atoms with Gasteiger partial charge < -0.3 is 9.47 Å². The molecule has 128 valence electrons. The number of aryl methyl sites for hydroxylation is 1. The summed E-state index contributed by atoms with van der Waals surface area (Å²) in [5.74, 6) is 2.40. The highest BCUT2D eigenvalue weighted by Gasteiger charge is 2.31. The SMILES string of the molecule is CCCc1ccc(C2CCC(C3CCC(OC)OC3)CC2)cc1. The molecule has 0 aromatic heterocycles. The van der Waals surface area contributed by atoms with Crippen LogP contribution in [0, 0.1) is 11.8 Å². The molecule has 2 unspecified atom stereocenters. The van der Waals surface area contributed by atoms with Gasteiger partial charge >= 0.3 is 0 Å². The van der Waals surface area contributed by atoms with Crippen molar-refractivity contribution in [3.8, 4) is 0 Å². The fourth-order valence-corrected chi connectivity index (χ4v) is 4.47. The Bertz CT molecular complexity index is 451. The van der Waals surface area contributed by atoms with Crippen molar-refractivity contribution in [1.82, 2.24) is 0 Å². The minimum absolute atomic E-state index is 0.0456. The maximum atomic E-state index is 5.82. The molecule has 0 radical (unpaired) electrons. The van der Waals surface area contributed by atoms with E-state index >= 15 is 0 Å². The Hall–Kier alpha value is -0.860. The van der Waals surface area contributed by atoms with E-state index < -0.39 is 0 Å². The van der Waals surface area contributed by atoms with Crippen LogP contribution in [0.15, 0.2) is 24.3 Å². The monoisotopic (exact) mass is 316 g/mol. The van der Waals surface area contributed by atoms with Crippen molar-refractivity contribution >= 4 is 0 Å². The highest BCUT2D eigenvalue weighted by Crippen LogP contribution is 2.41. The van der Waals surface area contributed by atoms with Crippen LogP contribution in [0.5, 0.6) is 0 Å². The Kier molecular flexibility index (Phi) is 6.13. The fourth-order valence-electron chi connectivity index (χ4n) is 4.47. The van der Waals surface area contributed by atoms with E-state index in [4.69, 9.17) is 9.47 Å². The highest BCUT2D eigenvalue weighted by molar-refractivity contribution is 5.25. The number of rotatable bonds is 5. The van der Waals surface area contributed by atoms with Gasteiger partial charge in [-0.2, -0.15) is 0 Å². The Morgan fingerprint density at radius 3 is 2.22 bits per heavy atom. The van der Waals surface area contributed by atoms with Crippen LogP contribution in [0.2, 0.25) is 0 Å². The first-order valence-electron chi connectivity index (χ1n) is 9.53. The van der Waals surface area contributed by atoms with Crippen LogP contribution in [-0.2, 0) is 15.9 Å². The van der Waals surface area contributed by atoms with Gasteiger partial charge in [0.15, 0.2) is 6.29 Å². The Morgan fingerprint density at radius 1 is 0.957 bits per heavy atom. The van der Waals surface area contributed by atoms with E-state index in [9.17, 15) is 0 Å². The zero-order valence-corrected chi connectivity index (χ0v) is 14.8. The Balaban J connectivity index is 1.48. The summed E-state index contributed by atoms with van der Waals surface area (Å²) in [4.78, 5) is 0.